The van der Waals surface area contributed by atoms with Crippen molar-refractivity contribution in [3.63, 3.8) is 0 Å². The van der Waals surface area contributed by atoms with Crippen LogP contribution in [0.5, 0.6) is 0 Å². The number of hydrogen-bond donors (Lipinski definition) is 1. The molecule has 1 aliphatic rings. The van der Waals surface area contributed by atoms with E-state index in [4.69, 9.17) is 0 Å². The van der Waals surface area contributed by atoms with Gasteiger partial charge in [-0.3, -0.25) is 9.59 Å². The molecule has 0 spiro atoms. The van der Waals surface area contributed by atoms with Gasteiger partial charge in [-0.1, -0.05) is 37.3 Å². The zero-order chi connectivity index (χ0) is 16.9. The van der Waals surface area contributed by atoms with Gasteiger partial charge in [-0.05, 0) is 24.1 Å². The first-order chi connectivity index (χ1) is 11.7. The van der Waals surface area contributed by atoms with E-state index < -0.39 is 0 Å². The van der Waals surface area contributed by atoms with Gasteiger partial charge in [-0.15, -0.1) is 0 Å². The second kappa shape index (κ2) is 7.34. The summed E-state index contributed by atoms with van der Waals surface area (Å²) in [6.45, 7) is 3.71. The average Bonchev–Trinajstić information content (AvgIpc) is 3.10. The molecule has 1 fully saturated rings. The Morgan fingerprint density at radius 2 is 2.00 bits per heavy atom. The molecule has 1 atom stereocenters. The summed E-state index contributed by atoms with van der Waals surface area (Å²) in [5.74, 6) is 0.0836. The van der Waals surface area contributed by atoms with Crippen LogP contribution < -0.4 is 0 Å². The number of aromatic nitrogens is 1. The molecule has 0 radical (unpaired) electrons. The van der Waals surface area contributed by atoms with Crippen LogP contribution in [0.1, 0.15) is 35.8 Å². The van der Waals surface area contributed by atoms with Crippen molar-refractivity contribution in [3.05, 3.63) is 59.9 Å². The van der Waals surface area contributed by atoms with E-state index >= 15 is 0 Å². The summed E-state index contributed by atoms with van der Waals surface area (Å²) >= 11 is 0. The Morgan fingerprint density at radius 1 is 1.21 bits per heavy atom. The topological polar surface area (TPSA) is 56.4 Å². The number of hydrogen-bond acceptors (Lipinski definition) is 2. The van der Waals surface area contributed by atoms with Crippen LogP contribution in [0, 0.1) is 0 Å². The number of H-pyrrole nitrogens is 1. The van der Waals surface area contributed by atoms with Crippen molar-refractivity contribution in [2.45, 2.75) is 32.4 Å². The molecule has 1 aromatic carbocycles. The summed E-state index contributed by atoms with van der Waals surface area (Å²) < 4.78 is 0. The molecular formula is C19H23N3O2. The Labute approximate surface area is 142 Å². The minimum atomic E-state index is -0.0344. The number of nitrogens with zero attached hydrogens (tertiary/aromatic N) is 2. The van der Waals surface area contributed by atoms with Crippen molar-refractivity contribution in [1.82, 2.24) is 14.8 Å². The molecule has 0 bridgehead atoms. The summed E-state index contributed by atoms with van der Waals surface area (Å²) in [7, 11) is 0. The van der Waals surface area contributed by atoms with Gasteiger partial charge < -0.3 is 14.8 Å². The molecule has 2 heterocycles. The van der Waals surface area contributed by atoms with Gasteiger partial charge in [0.15, 0.2) is 0 Å². The number of benzene rings is 1. The minimum absolute atomic E-state index is 0.0344. The van der Waals surface area contributed by atoms with Gasteiger partial charge in [0, 0.05) is 38.3 Å². The summed E-state index contributed by atoms with van der Waals surface area (Å²) in [6.07, 6.45) is 2.94. The van der Waals surface area contributed by atoms with E-state index in [0.29, 0.717) is 31.7 Å². The number of rotatable bonds is 4. The van der Waals surface area contributed by atoms with Crippen molar-refractivity contribution in [2.24, 2.45) is 0 Å². The highest BCUT2D eigenvalue weighted by molar-refractivity contribution is 5.93. The largest absolute Gasteiger partial charge is 0.357 e. The Kier molecular flexibility index (Phi) is 4.99. The van der Waals surface area contributed by atoms with Crippen LogP contribution in [0.3, 0.4) is 0 Å². The first-order valence-electron chi connectivity index (χ1n) is 8.45. The van der Waals surface area contributed by atoms with Crippen LogP contribution in [-0.4, -0.2) is 45.7 Å². The third kappa shape index (κ3) is 3.50. The predicted molar refractivity (Wildman–Crippen MR) is 92.4 cm³/mol. The number of carbonyl (C=O) groups excluding carboxylic acids is 2. The van der Waals surface area contributed by atoms with Crippen LogP contribution in [0.25, 0.3) is 0 Å². The molecule has 2 aromatic rings. The Bertz CT molecular complexity index is 682. The van der Waals surface area contributed by atoms with E-state index in [2.05, 4.69) is 11.9 Å². The monoisotopic (exact) mass is 325 g/mol. The second-order valence-electron chi connectivity index (χ2n) is 6.15. The lowest BCUT2D eigenvalue weighted by molar-refractivity contribution is -0.133. The molecule has 126 valence electrons. The standard InChI is InChI=1S/C19H23N3O2/c1-2-16-14-21(19(24)17-9-6-11-20-17)12-10-18(23)22(16)13-15-7-4-3-5-8-15/h3-9,11,16,20H,2,10,12-14H2,1H3/t16-/m0/s1. The van der Waals surface area contributed by atoms with E-state index in [1.807, 2.05) is 41.3 Å². The number of aromatic amines is 1. The van der Waals surface area contributed by atoms with Gasteiger partial charge >= 0.3 is 0 Å². The molecular weight excluding hydrogens is 302 g/mol. The molecule has 0 aliphatic carbocycles. The van der Waals surface area contributed by atoms with E-state index in [1.54, 1.807) is 17.2 Å². The number of nitrogens with one attached hydrogen (secondary N) is 1. The van der Waals surface area contributed by atoms with E-state index in [1.165, 1.54) is 0 Å². The molecule has 24 heavy (non-hydrogen) atoms. The quantitative estimate of drug-likeness (QED) is 0.939. The highest BCUT2D eigenvalue weighted by atomic mass is 16.2. The third-order valence-corrected chi connectivity index (χ3v) is 4.57. The Balaban J connectivity index is 1.77. The SMILES string of the molecule is CC[C@H]1CN(C(=O)c2ccc[nH]2)CCC(=O)N1Cc1ccccc1. The highest BCUT2D eigenvalue weighted by Gasteiger charge is 2.31. The van der Waals surface area contributed by atoms with Crippen molar-refractivity contribution in [1.29, 1.82) is 0 Å². The van der Waals surface area contributed by atoms with Crippen LogP contribution in [-0.2, 0) is 11.3 Å². The fourth-order valence-electron chi connectivity index (χ4n) is 3.19. The van der Waals surface area contributed by atoms with Crippen LogP contribution >= 0.6 is 0 Å². The lowest BCUT2D eigenvalue weighted by Crippen LogP contribution is -2.43. The number of amides is 2. The second-order valence-corrected chi connectivity index (χ2v) is 6.15. The first-order valence-corrected chi connectivity index (χ1v) is 8.45. The van der Waals surface area contributed by atoms with Gasteiger partial charge in [0.25, 0.3) is 5.91 Å². The number of carbonyl (C=O) groups is 2. The van der Waals surface area contributed by atoms with Gasteiger partial charge in [-0.2, -0.15) is 0 Å². The smallest absolute Gasteiger partial charge is 0.270 e. The maximum absolute atomic E-state index is 12.6. The summed E-state index contributed by atoms with van der Waals surface area (Å²) in [4.78, 5) is 31.9. The fraction of sp³-hybridized carbons (Fsp3) is 0.368. The fourth-order valence-corrected chi connectivity index (χ4v) is 3.19. The van der Waals surface area contributed by atoms with E-state index in [-0.39, 0.29) is 17.9 Å². The first kappa shape index (κ1) is 16.3. The van der Waals surface area contributed by atoms with Crippen LogP contribution in [0.4, 0.5) is 0 Å². The van der Waals surface area contributed by atoms with Crippen molar-refractivity contribution >= 4 is 11.8 Å². The normalized spacial score (nSPS) is 18.5. The lowest BCUT2D eigenvalue weighted by Gasteiger charge is -2.31. The zero-order valence-electron chi connectivity index (χ0n) is 13.9. The molecule has 1 aromatic heterocycles. The van der Waals surface area contributed by atoms with Gasteiger partial charge in [0.05, 0.1) is 0 Å². The summed E-state index contributed by atoms with van der Waals surface area (Å²) in [5, 5.41) is 0. The molecule has 5 heteroatoms. The van der Waals surface area contributed by atoms with Gasteiger partial charge in [-0.25, -0.2) is 0 Å². The maximum atomic E-state index is 12.6. The Hall–Kier alpha value is -2.56. The zero-order valence-corrected chi connectivity index (χ0v) is 13.9. The molecule has 1 saturated heterocycles. The summed E-state index contributed by atoms with van der Waals surface area (Å²) in [6, 6.07) is 13.6. The predicted octanol–water partition coefficient (Wildman–Crippen LogP) is 2.67. The molecule has 1 aliphatic heterocycles. The molecule has 1 N–H and O–H groups in total. The third-order valence-electron chi connectivity index (χ3n) is 4.57. The van der Waals surface area contributed by atoms with Gasteiger partial charge in [0.1, 0.15) is 5.69 Å². The Morgan fingerprint density at radius 3 is 2.67 bits per heavy atom. The van der Waals surface area contributed by atoms with E-state index in [9.17, 15) is 9.59 Å². The lowest BCUT2D eigenvalue weighted by atomic mass is 10.1. The van der Waals surface area contributed by atoms with Crippen molar-refractivity contribution in [3.8, 4) is 0 Å². The molecule has 0 saturated carbocycles. The molecule has 0 unspecified atom stereocenters. The molecule has 3 rings (SSSR count). The minimum Gasteiger partial charge on any atom is -0.357 e. The molecule has 5 nitrogen and oxygen atoms in total. The van der Waals surface area contributed by atoms with Crippen molar-refractivity contribution in [2.75, 3.05) is 13.1 Å². The molecule has 2 amide bonds. The average molecular weight is 325 g/mol. The maximum Gasteiger partial charge on any atom is 0.270 e. The van der Waals surface area contributed by atoms with Crippen LogP contribution in [0.15, 0.2) is 48.7 Å². The highest BCUT2D eigenvalue weighted by Crippen LogP contribution is 2.19. The summed E-state index contributed by atoms with van der Waals surface area (Å²) in [5.41, 5.74) is 1.70. The van der Waals surface area contributed by atoms with Crippen LogP contribution in [0.2, 0.25) is 0 Å². The van der Waals surface area contributed by atoms with Gasteiger partial charge in [0.2, 0.25) is 5.91 Å². The van der Waals surface area contributed by atoms with E-state index in [0.717, 1.165) is 12.0 Å². The van der Waals surface area contributed by atoms with Crippen molar-refractivity contribution < 1.29 is 9.59 Å².